The summed E-state index contributed by atoms with van der Waals surface area (Å²) in [6.45, 7) is 0. The molecule has 1 aliphatic carbocycles. The molecule has 7 heteroatoms. The van der Waals surface area contributed by atoms with Gasteiger partial charge in [-0.1, -0.05) is 5.16 Å². The lowest BCUT2D eigenvalue weighted by atomic mass is 10.1. The highest BCUT2D eigenvalue weighted by atomic mass is 32.1. The Bertz CT molecular complexity index is 1070. The highest BCUT2D eigenvalue weighted by Crippen LogP contribution is 2.40. The zero-order chi connectivity index (χ0) is 16.8. The van der Waals surface area contributed by atoms with E-state index < -0.39 is 0 Å². The van der Waals surface area contributed by atoms with E-state index in [1.807, 2.05) is 35.8 Å². The molecule has 0 aliphatic heterocycles. The van der Waals surface area contributed by atoms with Crippen LogP contribution in [0.4, 0.5) is 5.69 Å². The minimum Gasteiger partial charge on any atom is -0.361 e. The Kier molecular flexibility index (Phi) is 3.21. The molecule has 1 fully saturated rings. The third kappa shape index (κ3) is 2.62. The number of carbonyl (C=O) groups is 1. The van der Waals surface area contributed by atoms with Crippen molar-refractivity contribution in [3.63, 3.8) is 0 Å². The molecule has 1 aromatic carbocycles. The van der Waals surface area contributed by atoms with Crippen LogP contribution in [0.15, 0.2) is 46.4 Å². The zero-order valence-electron chi connectivity index (χ0n) is 13.2. The van der Waals surface area contributed by atoms with E-state index in [9.17, 15) is 4.79 Å². The van der Waals surface area contributed by atoms with Crippen molar-refractivity contribution in [1.29, 1.82) is 0 Å². The van der Waals surface area contributed by atoms with Gasteiger partial charge in [-0.15, -0.1) is 11.3 Å². The molecular formula is C18H14N4O2S. The van der Waals surface area contributed by atoms with Crippen LogP contribution in [0, 0.1) is 0 Å². The maximum absolute atomic E-state index is 12.6. The first kappa shape index (κ1) is 14.4. The molecule has 0 radical (unpaired) electrons. The number of carbonyl (C=O) groups excluding carboxylic acids is 1. The maximum atomic E-state index is 12.6. The fourth-order valence-electron chi connectivity index (χ4n) is 2.80. The molecule has 4 aromatic rings. The van der Waals surface area contributed by atoms with Crippen LogP contribution in [0.25, 0.3) is 21.7 Å². The normalized spacial score (nSPS) is 14.1. The predicted molar refractivity (Wildman–Crippen MR) is 95.8 cm³/mol. The smallest absolute Gasteiger partial charge is 0.270 e. The second kappa shape index (κ2) is 5.56. The number of nitrogens with zero attached hydrogens (tertiary/aromatic N) is 2. The Balaban J connectivity index is 1.41. The van der Waals surface area contributed by atoms with Gasteiger partial charge in [-0.25, -0.2) is 0 Å². The fourth-order valence-corrected chi connectivity index (χ4v) is 3.57. The van der Waals surface area contributed by atoms with Crippen LogP contribution >= 0.6 is 11.3 Å². The van der Waals surface area contributed by atoms with Crippen LogP contribution in [0.1, 0.15) is 34.9 Å². The summed E-state index contributed by atoms with van der Waals surface area (Å²) >= 11 is 1.47. The highest BCUT2D eigenvalue weighted by Gasteiger charge is 2.29. The molecule has 1 saturated carbocycles. The number of hydrogen-bond donors (Lipinski definition) is 2. The summed E-state index contributed by atoms with van der Waals surface area (Å²) in [5.41, 5.74) is 2.30. The summed E-state index contributed by atoms with van der Waals surface area (Å²) < 4.78 is 5.38. The zero-order valence-corrected chi connectivity index (χ0v) is 14.0. The molecule has 6 nitrogen and oxygen atoms in total. The molecule has 0 bridgehead atoms. The van der Waals surface area contributed by atoms with Gasteiger partial charge in [0.25, 0.3) is 11.8 Å². The van der Waals surface area contributed by atoms with Crippen LogP contribution in [0.5, 0.6) is 0 Å². The second-order valence-corrected chi connectivity index (χ2v) is 7.05. The number of nitrogens with one attached hydrogen (secondary N) is 2. The van der Waals surface area contributed by atoms with Crippen molar-refractivity contribution in [1.82, 2.24) is 15.1 Å². The lowest BCUT2D eigenvalue weighted by Gasteiger charge is -2.05. The third-order valence-corrected chi connectivity index (χ3v) is 5.21. The highest BCUT2D eigenvalue weighted by molar-refractivity contribution is 7.14. The van der Waals surface area contributed by atoms with Crippen molar-refractivity contribution in [2.75, 3.05) is 5.32 Å². The Labute approximate surface area is 146 Å². The number of hydrogen-bond acceptors (Lipinski definition) is 5. The molecule has 3 heterocycles. The Morgan fingerprint density at radius 1 is 1.28 bits per heavy atom. The Hall–Kier alpha value is -2.93. The third-order valence-electron chi connectivity index (χ3n) is 4.31. The van der Waals surface area contributed by atoms with Crippen molar-refractivity contribution in [3.05, 3.63) is 53.3 Å². The first-order valence-corrected chi connectivity index (χ1v) is 8.96. The van der Waals surface area contributed by atoms with Gasteiger partial charge in [-0.2, -0.15) is 4.98 Å². The van der Waals surface area contributed by atoms with E-state index in [1.165, 1.54) is 11.3 Å². The van der Waals surface area contributed by atoms with Gasteiger partial charge in [-0.3, -0.25) is 4.79 Å². The van der Waals surface area contributed by atoms with Crippen LogP contribution in [-0.4, -0.2) is 21.0 Å². The van der Waals surface area contributed by atoms with Gasteiger partial charge >= 0.3 is 0 Å². The summed E-state index contributed by atoms with van der Waals surface area (Å²) in [6.07, 6.45) is 4.10. The molecule has 25 heavy (non-hydrogen) atoms. The monoisotopic (exact) mass is 350 g/mol. The minimum atomic E-state index is -0.162. The van der Waals surface area contributed by atoms with Crippen LogP contribution < -0.4 is 5.32 Å². The predicted octanol–water partition coefficient (Wildman–Crippen LogP) is 4.41. The first-order valence-electron chi connectivity index (χ1n) is 8.08. The molecule has 0 saturated heterocycles. The SMILES string of the molecule is O=C(Nc1ccsc1-c1nc(C2CC2)no1)c1ccc2[nH]ccc2c1. The lowest BCUT2D eigenvalue weighted by Crippen LogP contribution is -2.11. The van der Waals surface area contributed by atoms with Gasteiger partial charge in [0.15, 0.2) is 5.82 Å². The molecule has 1 aliphatic rings. The number of anilines is 1. The van der Waals surface area contributed by atoms with Crippen molar-refractivity contribution < 1.29 is 9.32 Å². The molecule has 3 aromatic heterocycles. The first-order chi connectivity index (χ1) is 12.3. The molecule has 2 N–H and O–H groups in total. The number of amides is 1. The summed E-state index contributed by atoms with van der Waals surface area (Å²) in [5.74, 6) is 1.50. The van der Waals surface area contributed by atoms with E-state index in [4.69, 9.17) is 4.52 Å². The molecule has 0 unspecified atom stereocenters. The number of rotatable bonds is 4. The average Bonchev–Trinajstić information content (AvgIpc) is 3.04. The maximum Gasteiger partial charge on any atom is 0.270 e. The number of fused-ring (bicyclic) bond motifs is 1. The summed E-state index contributed by atoms with van der Waals surface area (Å²) in [6, 6.07) is 9.37. The van der Waals surface area contributed by atoms with Crippen LogP contribution in [-0.2, 0) is 0 Å². The number of benzene rings is 1. The van der Waals surface area contributed by atoms with E-state index >= 15 is 0 Å². The molecule has 5 rings (SSSR count). The second-order valence-electron chi connectivity index (χ2n) is 6.13. The minimum absolute atomic E-state index is 0.162. The topological polar surface area (TPSA) is 83.8 Å². The molecule has 0 atom stereocenters. The van der Waals surface area contributed by atoms with E-state index in [0.29, 0.717) is 23.1 Å². The van der Waals surface area contributed by atoms with Gasteiger partial charge in [0.05, 0.1) is 5.69 Å². The fraction of sp³-hybridized carbons (Fsp3) is 0.167. The van der Waals surface area contributed by atoms with Crippen LogP contribution in [0.3, 0.4) is 0 Å². The summed E-state index contributed by atoms with van der Waals surface area (Å²) in [5, 5.41) is 9.90. The van der Waals surface area contributed by atoms with Crippen molar-refractivity contribution in [3.8, 4) is 10.8 Å². The lowest BCUT2D eigenvalue weighted by molar-refractivity contribution is 0.102. The van der Waals surface area contributed by atoms with Crippen LogP contribution in [0.2, 0.25) is 0 Å². The number of aromatic amines is 1. The van der Waals surface area contributed by atoms with Gasteiger partial charge in [0.1, 0.15) is 4.88 Å². The van der Waals surface area contributed by atoms with Gasteiger partial charge in [-0.05, 0) is 48.6 Å². The molecule has 0 spiro atoms. The Morgan fingerprint density at radius 3 is 3.08 bits per heavy atom. The van der Waals surface area contributed by atoms with E-state index in [1.54, 1.807) is 6.07 Å². The van der Waals surface area contributed by atoms with E-state index in [0.717, 1.165) is 34.4 Å². The molecular weight excluding hydrogens is 336 g/mol. The number of thiophene rings is 1. The molecule has 1 amide bonds. The van der Waals surface area contributed by atoms with Crippen molar-refractivity contribution in [2.45, 2.75) is 18.8 Å². The van der Waals surface area contributed by atoms with Crippen molar-refractivity contribution in [2.24, 2.45) is 0 Å². The average molecular weight is 350 g/mol. The summed E-state index contributed by atoms with van der Waals surface area (Å²) in [7, 11) is 0. The van der Waals surface area contributed by atoms with E-state index in [-0.39, 0.29) is 5.91 Å². The quantitative estimate of drug-likeness (QED) is 0.571. The summed E-state index contributed by atoms with van der Waals surface area (Å²) in [4.78, 5) is 21.0. The largest absolute Gasteiger partial charge is 0.361 e. The standard InChI is InChI=1S/C18H14N4O2S/c23-17(12-3-4-13-11(9-12)5-7-19-13)20-14-6-8-25-15(14)18-21-16(22-24-18)10-1-2-10/h3-10,19H,1-2H2,(H,20,23). The van der Waals surface area contributed by atoms with Gasteiger partial charge in [0, 0.05) is 28.6 Å². The Morgan fingerprint density at radius 2 is 2.20 bits per heavy atom. The van der Waals surface area contributed by atoms with Crippen molar-refractivity contribution >= 4 is 33.8 Å². The van der Waals surface area contributed by atoms with Gasteiger partial charge in [0.2, 0.25) is 0 Å². The molecule has 124 valence electrons. The van der Waals surface area contributed by atoms with E-state index in [2.05, 4.69) is 20.4 Å². The number of aromatic nitrogens is 3. The van der Waals surface area contributed by atoms with Gasteiger partial charge < -0.3 is 14.8 Å². The number of H-pyrrole nitrogens is 1.